The molecular weight excluding hydrogens is 264 g/mol. The predicted octanol–water partition coefficient (Wildman–Crippen LogP) is 1.91. The van der Waals surface area contributed by atoms with Crippen LogP contribution in [0.5, 0.6) is 0 Å². The maximum absolute atomic E-state index is 12.7. The van der Waals surface area contributed by atoms with Crippen LogP contribution in [0.15, 0.2) is 24.3 Å². The highest BCUT2D eigenvalue weighted by Crippen LogP contribution is 2.40. The van der Waals surface area contributed by atoms with Gasteiger partial charge in [-0.1, -0.05) is 25.0 Å². The number of benzene rings is 1. The van der Waals surface area contributed by atoms with E-state index in [9.17, 15) is 9.90 Å². The van der Waals surface area contributed by atoms with Gasteiger partial charge in [-0.15, -0.1) is 0 Å². The quantitative estimate of drug-likeness (QED) is 0.873. The van der Waals surface area contributed by atoms with Crippen molar-refractivity contribution in [1.29, 1.82) is 0 Å². The number of aliphatic hydroxyl groups is 1. The number of carbonyl (C=O) groups is 1. The number of nitrogens with two attached hydrogens (primary N) is 1. The van der Waals surface area contributed by atoms with E-state index in [1.165, 1.54) is 0 Å². The molecule has 1 aliphatic heterocycles. The Morgan fingerprint density at radius 1 is 1.38 bits per heavy atom. The fourth-order valence-corrected chi connectivity index (χ4v) is 3.77. The normalized spacial score (nSPS) is 29.0. The largest absolute Gasteiger partial charge is 0.389 e. The third-order valence-corrected chi connectivity index (χ3v) is 5.12. The molecule has 21 heavy (non-hydrogen) atoms. The number of amides is 1. The number of hydrogen-bond donors (Lipinski definition) is 2. The van der Waals surface area contributed by atoms with E-state index in [0.717, 1.165) is 31.2 Å². The summed E-state index contributed by atoms with van der Waals surface area (Å²) in [5.74, 6) is 0.305. The van der Waals surface area contributed by atoms with Crippen molar-refractivity contribution in [2.75, 3.05) is 13.1 Å². The Morgan fingerprint density at radius 3 is 3.05 bits per heavy atom. The van der Waals surface area contributed by atoms with Crippen molar-refractivity contribution < 1.29 is 9.90 Å². The van der Waals surface area contributed by atoms with Crippen molar-refractivity contribution in [3.05, 3.63) is 35.4 Å². The average Bonchev–Trinajstić information content (AvgIpc) is 2.53. The van der Waals surface area contributed by atoms with E-state index in [1.54, 1.807) is 0 Å². The molecule has 1 amide bonds. The number of likely N-dealkylation sites (tertiary alicyclic amines) is 1. The van der Waals surface area contributed by atoms with Crippen molar-refractivity contribution in [3.8, 4) is 0 Å². The van der Waals surface area contributed by atoms with Crippen molar-refractivity contribution in [1.82, 2.24) is 4.90 Å². The van der Waals surface area contributed by atoms with E-state index in [4.69, 9.17) is 5.73 Å². The molecule has 1 saturated carbocycles. The van der Waals surface area contributed by atoms with E-state index in [-0.39, 0.29) is 11.8 Å². The van der Waals surface area contributed by atoms with Gasteiger partial charge in [-0.3, -0.25) is 4.79 Å². The molecule has 3 rings (SSSR count). The lowest BCUT2D eigenvalue weighted by Gasteiger charge is -2.47. The van der Waals surface area contributed by atoms with Gasteiger partial charge in [0.25, 0.3) is 5.91 Å². The highest BCUT2D eigenvalue weighted by Gasteiger charge is 2.43. The smallest absolute Gasteiger partial charge is 0.253 e. The summed E-state index contributed by atoms with van der Waals surface area (Å²) in [6.45, 7) is 1.78. The van der Waals surface area contributed by atoms with Gasteiger partial charge < -0.3 is 15.7 Å². The number of fused-ring (bicyclic) bond motifs is 1. The summed E-state index contributed by atoms with van der Waals surface area (Å²) in [6, 6.07) is 7.55. The van der Waals surface area contributed by atoms with Gasteiger partial charge in [0.2, 0.25) is 0 Å². The van der Waals surface area contributed by atoms with Crippen molar-refractivity contribution in [3.63, 3.8) is 0 Å². The fraction of sp³-hybridized carbons (Fsp3) is 0.588. The molecule has 1 saturated heterocycles. The molecule has 0 spiro atoms. The molecule has 0 radical (unpaired) electrons. The Morgan fingerprint density at radius 2 is 2.24 bits per heavy atom. The zero-order valence-corrected chi connectivity index (χ0v) is 12.4. The van der Waals surface area contributed by atoms with Gasteiger partial charge in [0.1, 0.15) is 0 Å². The molecule has 1 aliphatic carbocycles. The first-order chi connectivity index (χ1) is 10.1. The van der Waals surface area contributed by atoms with Gasteiger partial charge in [-0.05, 0) is 37.0 Å². The van der Waals surface area contributed by atoms with Crippen molar-refractivity contribution in [2.24, 2.45) is 11.7 Å². The minimum absolute atomic E-state index is 0.0675. The molecule has 1 heterocycles. The van der Waals surface area contributed by atoms with Crippen LogP contribution in [0.3, 0.4) is 0 Å². The van der Waals surface area contributed by atoms with Gasteiger partial charge in [0.05, 0.1) is 5.60 Å². The summed E-state index contributed by atoms with van der Waals surface area (Å²) in [5.41, 5.74) is 6.80. The molecule has 4 heteroatoms. The van der Waals surface area contributed by atoms with Crippen LogP contribution in [0.25, 0.3) is 0 Å². The molecule has 1 aromatic carbocycles. The van der Waals surface area contributed by atoms with Gasteiger partial charge in [0, 0.05) is 31.1 Å². The molecule has 0 bridgehead atoms. The molecule has 3 N–H and O–H groups in total. The van der Waals surface area contributed by atoms with E-state index in [1.807, 2.05) is 29.2 Å². The number of carbonyl (C=O) groups excluding carboxylic acids is 1. The van der Waals surface area contributed by atoms with Crippen LogP contribution in [0, 0.1) is 5.92 Å². The zero-order valence-electron chi connectivity index (χ0n) is 12.4. The fourth-order valence-electron chi connectivity index (χ4n) is 3.77. The van der Waals surface area contributed by atoms with Crippen LogP contribution in [-0.4, -0.2) is 34.6 Å². The second kappa shape index (κ2) is 5.78. The lowest BCUT2D eigenvalue weighted by atomic mass is 9.71. The lowest BCUT2D eigenvalue weighted by molar-refractivity contribution is -0.0886. The summed E-state index contributed by atoms with van der Waals surface area (Å²) < 4.78 is 0. The maximum Gasteiger partial charge on any atom is 0.253 e. The Hall–Kier alpha value is -1.39. The summed E-state index contributed by atoms with van der Waals surface area (Å²) in [5, 5.41) is 10.7. The van der Waals surface area contributed by atoms with E-state index < -0.39 is 5.60 Å². The summed E-state index contributed by atoms with van der Waals surface area (Å²) >= 11 is 0. The minimum atomic E-state index is -0.534. The minimum Gasteiger partial charge on any atom is -0.389 e. The lowest BCUT2D eigenvalue weighted by Crippen LogP contribution is -2.54. The predicted molar refractivity (Wildman–Crippen MR) is 81.8 cm³/mol. The second-order valence-corrected chi connectivity index (χ2v) is 6.45. The summed E-state index contributed by atoms with van der Waals surface area (Å²) in [6.07, 6.45) is 4.91. The average molecular weight is 288 g/mol. The van der Waals surface area contributed by atoms with Crippen molar-refractivity contribution >= 4 is 5.91 Å². The van der Waals surface area contributed by atoms with Gasteiger partial charge in [-0.2, -0.15) is 0 Å². The SMILES string of the molecule is NCc1cccc(C(=O)N2CCC3(O)CCCCC3C2)c1. The van der Waals surface area contributed by atoms with E-state index in [0.29, 0.717) is 31.6 Å². The molecule has 2 fully saturated rings. The highest BCUT2D eigenvalue weighted by molar-refractivity contribution is 5.94. The highest BCUT2D eigenvalue weighted by atomic mass is 16.3. The number of nitrogens with zero attached hydrogens (tertiary/aromatic N) is 1. The topological polar surface area (TPSA) is 66.6 Å². The molecule has 2 aliphatic rings. The Kier molecular flexibility index (Phi) is 4.00. The van der Waals surface area contributed by atoms with Gasteiger partial charge in [0.15, 0.2) is 0 Å². The van der Waals surface area contributed by atoms with Crippen molar-refractivity contribution in [2.45, 2.75) is 44.2 Å². The molecule has 4 nitrogen and oxygen atoms in total. The van der Waals surface area contributed by atoms with Crippen LogP contribution in [0.1, 0.15) is 48.0 Å². The Bertz CT molecular complexity index is 531. The van der Waals surface area contributed by atoms with Crippen LogP contribution in [-0.2, 0) is 6.54 Å². The van der Waals surface area contributed by atoms with Gasteiger partial charge >= 0.3 is 0 Å². The standard InChI is InChI=1S/C17H24N2O2/c18-11-13-4-3-5-14(10-13)16(20)19-9-8-17(21)7-2-1-6-15(17)12-19/h3-5,10,15,21H,1-2,6-9,11-12,18H2. The third-order valence-electron chi connectivity index (χ3n) is 5.12. The van der Waals surface area contributed by atoms with Crippen LogP contribution >= 0.6 is 0 Å². The first-order valence-electron chi connectivity index (χ1n) is 7.93. The third kappa shape index (κ3) is 2.83. The number of hydrogen-bond acceptors (Lipinski definition) is 3. The molecule has 2 unspecified atom stereocenters. The molecule has 1 aromatic rings. The monoisotopic (exact) mass is 288 g/mol. The summed E-state index contributed by atoms with van der Waals surface area (Å²) in [7, 11) is 0. The maximum atomic E-state index is 12.7. The van der Waals surface area contributed by atoms with E-state index >= 15 is 0 Å². The van der Waals surface area contributed by atoms with Gasteiger partial charge in [-0.25, -0.2) is 0 Å². The van der Waals surface area contributed by atoms with Crippen LogP contribution in [0.4, 0.5) is 0 Å². The number of rotatable bonds is 2. The molecule has 114 valence electrons. The second-order valence-electron chi connectivity index (χ2n) is 6.45. The summed E-state index contributed by atoms with van der Waals surface area (Å²) in [4.78, 5) is 14.6. The molecule has 2 atom stereocenters. The zero-order chi connectivity index (χ0) is 14.9. The molecule has 0 aromatic heterocycles. The number of piperidine rings is 1. The Labute approximate surface area is 125 Å². The van der Waals surface area contributed by atoms with Crippen LogP contribution in [0.2, 0.25) is 0 Å². The van der Waals surface area contributed by atoms with E-state index in [2.05, 4.69) is 0 Å². The van der Waals surface area contributed by atoms with Crippen LogP contribution < -0.4 is 5.73 Å². The Balaban J connectivity index is 1.74. The first-order valence-corrected chi connectivity index (χ1v) is 7.93. The first kappa shape index (κ1) is 14.5. The molecular formula is C17H24N2O2.